The van der Waals surface area contributed by atoms with Gasteiger partial charge in [0.2, 0.25) is 0 Å². The van der Waals surface area contributed by atoms with Crippen molar-refractivity contribution >= 4 is 0 Å². The molecule has 2 unspecified atom stereocenters. The Labute approximate surface area is 104 Å². The summed E-state index contributed by atoms with van der Waals surface area (Å²) in [7, 11) is 0. The fourth-order valence-electron chi connectivity index (χ4n) is 1.89. The molecule has 2 atom stereocenters. The topological polar surface area (TPSA) is 24.9 Å². The molecule has 1 rings (SSSR count). The van der Waals surface area contributed by atoms with E-state index in [0.717, 1.165) is 18.5 Å². The van der Waals surface area contributed by atoms with Crippen molar-refractivity contribution in [3.63, 3.8) is 0 Å². The van der Waals surface area contributed by atoms with E-state index in [9.17, 15) is 4.39 Å². The quantitative estimate of drug-likeness (QED) is 0.819. The number of rotatable bonds is 6. The lowest BCUT2D eigenvalue weighted by Gasteiger charge is -2.28. The van der Waals surface area contributed by atoms with E-state index in [2.05, 4.69) is 38.0 Å². The molecule has 0 aliphatic rings. The van der Waals surface area contributed by atoms with Crippen molar-refractivity contribution in [1.82, 2.24) is 10.3 Å². The van der Waals surface area contributed by atoms with E-state index in [-0.39, 0.29) is 11.9 Å². The standard InChI is InChI=1S/C14H23FN2/c1-5-6-17-14(11(4)10(2)3)12-7-13(15)9-16-8-12/h7-11,14,17H,5-6H2,1-4H3. The fraction of sp³-hybridized carbons (Fsp3) is 0.643. The molecule has 1 aromatic rings. The van der Waals surface area contributed by atoms with Crippen molar-refractivity contribution in [2.24, 2.45) is 11.8 Å². The largest absolute Gasteiger partial charge is 0.310 e. The lowest BCUT2D eigenvalue weighted by Crippen LogP contribution is -2.30. The molecule has 0 saturated carbocycles. The summed E-state index contributed by atoms with van der Waals surface area (Å²) in [5.41, 5.74) is 0.944. The van der Waals surface area contributed by atoms with Crippen molar-refractivity contribution in [2.75, 3.05) is 6.54 Å². The number of halogens is 1. The number of hydrogen-bond acceptors (Lipinski definition) is 2. The molecule has 0 amide bonds. The van der Waals surface area contributed by atoms with Gasteiger partial charge in [0.15, 0.2) is 0 Å². The second-order valence-electron chi connectivity index (χ2n) is 4.97. The van der Waals surface area contributed by atoms with E-state index in [0.29, 0.717) is 11.8 Å². The molecule has 0 radical (unpaired) electrons. The van der Waals surface area contributed by atoms with Crippen molar-refractivity contribution in [2.45, 2.75) is 40.2 Å². The van der Waals surface area contributed by atoms with Crippen LogP contribution in [-0.4, -0.2) is 11.5 Å². The average molecular weight is 238 g/mol. The average Bonchev–Trinajstić information content (AvgIpc) is 2.29. The zero-order valence-corrected chi connectivity index (χ0v) is 11.2. The van der Waals surface area contributed by atoms with Gasteiger partial charge in [0.25, 0.3) is 0 Å². The first-order chi connectivity index (χ1) is 8.06. The van der Waals surface area contributed by atoms with Gasteiger partial charge in [0, 0.05) is 12.2 Å². The number of nitrogens with one attached hydrogen (secondary N) is 1. The highest BCUT2D eigenvalue weighted by atomic mass is 19.1. The molecule has 0 saturated heterocycles. The molecule has 3 heteroatoms. The zero-order chi connectivity index (χ0) is 12.8. The third-order valence-corrected chi connectivity index (χ3v) is 3.28. The Morgan fingerprint density at radius 3 is 2.53 bits per heavy atom. The monoisotopic (exact) mass is 238 g/mol. The molecule has 0 aromatic carbocycles. The van der Waals surface area contributed by atoms with Crippen LogP contribution in [0.4, 0.5) is 4.39 Å². The minimum absolute atomic E-state index is 0.179. The van der Waals surface area contributed by atoms with Crippen LogP contribution in [0, 0.1) is 17.7 Å². The van der Waals surface area contributed by atoms with Crippen molar-refractivity contribution in [3.8, 4) is 0 Å². The minimum atomic E-state index is -0.262. The van der Waals surface area contributed by atoms with Crippen LogP contribution in [-0.2, 0) is 0 Å². The first-order valence-corrected chi connectivity index (χ1v) is 6.40. The molecule has 96 valence electrons. The van der Waals surface area contributed by atoms with Crippen LogP contribution in [0.15, 0.2) is 18.5 Å². The normalized spacial score (nSPS) is 14.9. The second-order valence-corrected chi connectivity index (χ2v) is 4.97. The van der Waals surface area contributed by atoms with Crippen LogP contribution in [0.25, 0.3) is 0 Å². The summed E-state index contributed by atoms with van der Waals surface area (Å²) in [6.07, 6.45) is 4.08. The molecule has 0 aliphatic carbocycles. The lowest BCUT2D eigenvalue weighted by atomic mass is 9.86. The van der Waals surface area contributed by atoms with Gasteiger partial charge in [0.05, 0.1) is 6.20 Å². The molecular weight excluding hydrogens is 215 g/mol. The molecular formula is C14H23FN2. The Bertz CT molecular complexity index is 339. The van der Waals surface area contributed by atoms with Gasteiger partial charge in [-0.3, -0.25) is 4.98 Å². The Balaban J connectivity index is 2.89. The van der Waals surface area contributed by atoms with Crippen LogP contribution in [0.2, 0.25) is 0 Å². The van der Waals surface area contributed by atoms with Gasteiger partial charge in [-0.2, -0.15) is 0 Å². The Morgan fingerprint density at radius 2 is 2.00 bits per heavy atom. The summed E-state index contributed by atoms with van der Waals surface area (Å²) in [5.74, 6) is 0.736. The van der Waals surface area contributed by atoms with E-state index in [4.69, 9.17) is 0 Å². The summed E-state index contributed by atoms with van der Waals surface area (Å²) in [6, 6.07) is 1.76. The van der Waals surface area contributed by atoms with Crippen LogP contribution in [0.1, 0.15) is 45.7 Å². The number of aromatic nitrogens is 1. The number of hydrogen-bond donors (Lipinski definition) is 1. The SMILES string of the molecule is CCCNC(c1cncc(F)c1)C(C)C(C)C. The van der Waals surface area contributed by atoms with E-state index >= 15 is 0 Å². The van der Waals surface area contributed by atoms with Gasteiger partial charge in [-0.05, 0) is 36.4 Å². The van der Waals surface area contributed by atoms with Gasteiger partial charge in [0.1, 0.15) is 5.82 Å². The minimum Gasteiger partial charge on any atom is -0.310 e. The van der Waals surface area contributed by atoms with Gasteiger partial charge in [-0.25, -0.2) is 4.39 Å². The van der Waals surface area contributed by atoms with E-state index in [1.807, 2.05) is 0 Å². The predicted molar refractivity (Wildman–Crippen MR) is 69.2 cm³/mol. The van der Waals surface area contributed by atoms with Gasteiger partial charge >= 0.3 is 0 Å². The van der Waals surface area contributed by atoms with E-state index in [1.165, 1.54) is 6.20 Å². The highest BCUT2D eigenvalue weighted by Crippen LogP contribution is 2.27. The summed E-state index contributed by atoms with van der Waals surface area (Å²) in [5, 5.41) is 3.49. The van der Waals surface area contributed by atoms with Gasteiger partial charge in [-0.1, -0.05) is 27.7 Å². The highest BCUT2D eigenvalue weighted by molar-refractivity contribution is 5.16. The first kappa shape index (κ1) is 14.1. The number of pyridine rings is 1. The van der Waals surface area contributed by atoms with Crippen molar-refractivity contribution in [3.05, 3.63) is 29.8 Å². The second kappa shape index (κ2) is 6.70. The first-order valence-electron chi connectivity index (χ1n) is 6.40. The third kappa shape index (κ3) is 4.08. The van der Waals surface area contributed by atoms with Crippen LogP contribution in [0.3, 0.4) is 0 Å². The van der Waals surface area contributed by atoms with Crippen molar-refractivity contribution in [1.29, 1.82) is 0 Å². The Hall–Kier alpha value is -0.960. The van der Waals surface area contributed by atoms with Gasteiger partial charge in [-0.15, -0.1) is 0 Å². The lowest BCUT2D eigenvalue weighted by molar-refractivity contribution is 0.302. The maximum atomic E-state index is 13.2. The highest BCUT2D eigenvalue weighted by Gasteiger charge is 2.21. The Kier molecular flexibility index (Phi) is 5.56. The fourth-order valence-corrected chi connectivity index (χ4v) is 1.89. The summed E-state index contributed by atoms with van der Waals surface area (Å²) < 4.78 is 13.2. The van der Waals surface area contributed by atoms with Crippen molar-refractivity contribution < 1.29 is 4.39 Å². The molecule has 0 spiro atoms. The van der Waals surface area contributed by atoms with Crippen LogP contribution >= 0.6 is 0 Å². The molecule has 17 heavy (non-hydrogen) atoms. The molecule has 0 fully saturated rings. The van der Waals surface area contributed by atoms with E-state index < -0.39 is 0 Å². The Morgan fingerprint density at radius 1 is 1.29 bits per heavy atom. The summed E-state index contributed by atoms with van der Waals surface area (Å²) in [6.45, 7) is 9.66. The predicted octanol–water partition coefficient (Wildman–Crippen LogP) is 3.55. The van der Waals surface area contributed by atoms with Crippen LogP contribution in [0.5, 0.6) is 0 Å². The summed E-state index contributed by atoms with van der Waals surface area (Å²) in [4.78, 5) is 3.94. The molecule has 2 nitrogen and oxygen atoms in total. The molecule has 1 N–H and O–H groups in total. The van der Waals surface area contributed by atoms with Crippen LogP contribution < -0.4 is 5.32 Å². The molecule has 1 heterocycles. The summed E-state index contributed by atoms with van der Waals surface area (Å²) >= 11 is 0. The maximum absolute atomic E-state index is 13.2. The smallest absolute Gasteiger partial charge is 0.141 e. The molecule has 0 aliphatic heterocycles. The molecule has 1 aromatic heterocycles. The van der Waals surface area contributed by atoms with E-state index in [1.54, 1.807) is 12.3 Å². The third-order valence-electron chi connectivity index (χ3n) is 3.28. The van der Waals surface area contributed by atoms with Gasteiger partial charge < -0.3 is 5.32 Å². The zero-order valence-electron chi connectivity index (χ0n) is 11.2. The number of nitrogens with zero attached hydrogens (tertiary/aromatic N) is 1. The maximum Gasteiger partial charge on any atom is 0.141 e. The molecule has 0 bridgehead atoms.